The molecule has 0 atom stereocenters. The van der Waals surface area contributed by atoms with E-state index < -0.39 is 0 Å². The Bertz CT molecular complexity index is 404. The van der Waals surface area contributed by atoms with Crippen LogP contribution in [0.1, 0.15) is 10.5 Å². The number of aromatic amines is 1. The van der Waals surface area contributed by atoms with Crippen molar-refractivity contribution in [2.45, 2.75) is 0 Å². The largest absolute Gasteiger partial charge is 0.358 e. The Morgan fingerprint density at radius 2 is 2.38 bits per heavy atom. The molecule has 7 heteroatoms. The van der Waals surface area contributed by atoms with E-state index in [0.29, 0.717) is 17.4 Å². The van der Waals surface area contributed by atoms with Crippen LogP contribution >= 0.6 is 28.1 Å². The lowest BCUT2D eigenvalue weighted by atomic mass is 10.4. The number of hydrazine groups is 1. The highest BCUT2D eigenvalue weighted by Gasteiger charge is 2.07. The molecule has 0 aliphatic rings. The van der Waals surface area contributed by atoms with Gasteiger partial charge in [0.25, 0.3) is 5.91 Å². The molecule has 4 N–H and O–H groups in total. The quantitative estimate of drug-likeness (QED) is 0.383. The van der Waals surface area contributed by atoms with Gasteiger partial charge in [0.05, 0.1) is 0 Å². The van der Waals surface area contributed by atoms with Crippen molar-refractivity contribution in [3.8, 4) is 0 Å². The van der Waals surface area contributed by atoms with E-state index in [1.165, 1.54) is 0 Å². The maximum atomic E-state index is 11.5. The SMILES string of the molecule is C=CCNC(=S)NNC(=O)c1cc(Br)c[nH]1. The van der Waals surface area contributed by atoms with E-state index in [1.807, 2.05) is 0 Å². The Morgan fingerprint density at radius 1 is 1.62 bits per heavy atom. The smallest absolute Gasteiger partial charge is 0.286 e. The van der Waals surface area contributed by atoms with Crippen molar-refractivity contribution in [2.24, 2.45) is 0 Å². The zero-order valence-electron chi connectivity index (χ0n) is 8.34. The van der Waals surface area contributed by atoms with Crippen LogP contribution < -0.4 is 16.2 Å². The Hall–Kier alpha value is -1.34. The minimum Gasteiger partial charge on any atom is -0.358 e. The molecule has 0 bridgehead atoms. The fourth-order valence-corrected chi connectivity index (χ4v) is 1.37. The van der Waals surface area contributed by atoms with Gasteiger partial charge < -0.3 is 10.3 Å². The summed E-state index contributed by atoms with van der Waals surface area (Å²) in [6, 6.07) is 1.66. The minimum absolute atomic E-state index is 0.298. The van der Waals surface area contributed by atoms with Crippen molar-refractivity contribution >= 4 is 39.2 Å². The van der Waals surface area contributed by atoms with E-state index in [1.54, 1.807) is 18.3 Å². The van der Waals surface area contributed by atoms with Gasteiger partial charge in [-0.1, -0.05) is 6.08 Å². The lowest BCUT2D eigenvalue weighted by molar-refractivity contribution is 0.0939. The minimum atomic E-state index is -0.298. The third-order valence-electron chi connectivity index (χ3n) is 1.59. The first-order valence-corrected chi connectivity index (χ1v) is 5.62. The summed E-state index contributed by atoms with van der Waals surface area (Å²) in [4.78, 5) is 14.3. The standard InChI is InChI=1S/C9H11BrN4OS/c1-2-3-11-9(16)14-13-8(15)7-4-6(10)5-12-7/h2,4-5,12H,1,3H2,(H,13,15)(H2,11,14,16). The van der Waals surface area contributed by atoms with Crippen LogP contribution in [0.3, 0.4) is 0 Å². The zero-order chi connectivity index (χ0) is 12.0. The van der Waals surface area contributed by atoms with Gasteiger partial charge in [-0.25, -0.2) is 0 Å². The second kappa shape index (κ2) is 6.29. The molecule has 0 radical (unpaired) electrons. The van der Waals surface area contributed by atoms with Crippen LogP contribution in [0.2, 0.25) is 0 Å². The number of halogens is 1. The second-order valence-electron chi connectivity index (χ2n) is 2.81. The maximum Gasteiger partial charge on any atom is 0.286 e. The molecule has 1 amide bonds. The molecular formula is C9H11BrN4OS. The van der Waals surface area contributed by atoms with Crippen molar-refractivity contribution < 1.29 is 4.79 Å². The highest BCUT2D eigenvalue weighted by atomic mass is 79.9. The molecule has 0 aliphatic heterocycles. The highest BCUT2D eigenvalue weighted by molar-refractivity contribution is 9.10. The number of nitrogens with one attached hydrogen (secondary N) is 4. The number of carbonyl (C=O) groups excluding carboxylic acids is 1. The predicted octanol–water partition coefficient (Wildman–Crippen LogP) is 1.07. The van der Waals surface area contributed by atoms with Gasteiger partial charge in [0, 0.05) is 17.2 Å². The van der Waals surface area contributed by atoms with Gasteiger partial charge in [0.1, 0.15) is 5.69 Å². The summed E-state index contributed by atoms with van der Waals surface area (Å²) in [6.45, 7) is 4.07. The summed E-state index contributed by atoms with van der Waals surface area (Å²) < 4.78 is 0.810. The molecule has 5 nitrogen and oxygen atoms in total. The second-order valence-corrected chi connectivity index (χ2v) is 4.13. The third-order valence-corrected chi connectivity index (χ3v) is 2.29. The molecule has 0 saturated heterocycles. The molecular weight excluding hydrogens is 292 g/mol. The van der Waals surface area contributed by atoms with E-state index in [-0.39, 0.29) is 5.91 Å². The van der Waals surface area contributed by atoms with Gasteiger partial charge in [-0.15, -0.1) is 6.58 Å². The zero-order valence-corrected chi connectivity index (χ0v) is 10.7. The molecule has 0 unspecified atom stereocenters. The number of thiocarbonyl (C=S) groups is 1. The topological polar surface area (TPSA) is 68.9 Å². The number of aromatic nitrogens is 1. The van der Waals surface area contributed by atoms with Gasteiger partial charge in [0.2, 0.25) is 0 Å². The van der Waals surface area contributed by atoms with Crippen LogP contribution in [0.4, 0.5) is 0 Å². The summed E-state index contributed by atoms with van der Waals surface area (Å²) in [5.41, 5.74) is 5.44. The van der Waals surface area contributed by atoms with E-state index in [0.717, 1.165) is 4.47 Å². The molecule has 1 aromatic rings. The molecule has 0 aromatic carbocycles. The molecule has 1 rings (SSSR count). The fraction of sp³-hybridized carbons (Fsp3) is 0.111. The predicted molar refractivity (Wildman–Crippen MR) is 69.9 cm³/mol. The van der Waals surface area contributed by atoms with Gasteiger partial charge in [0.15, 0.2) is 5.11 Å². The Morgan fingerprint density at radius 3 is 2.94 bits per heavy atom. The lowest BCUT2D eigenvalue weighted by Gasteiger charge is -2.09. The molecule has 16 heavy (non-hydrogen) atoms. The maximum absolute atomic E-state index is 11.5. The summed E-state index contributed by atoms with van der Waals surface area (Å²) in [7, 11) is 0. The van der Waals surface area contributed by atoms with Gasteiger partial charge >= 0.3 is 0 Å². The monoisotopic (exact) mass is 302 g/mol. The summed E-state index contributed by atoms with van der Waals surface area (Å²) in [6.07, 6.45) is 3.33. The fourth-order valence-electron chi connectivity index (χ4n) is 0.889. The van der Waals surface area contributed by atoms with Gasteiger partial charge in [-0.2, -0.15) is 0 Å². The van der Waals surface area contributed by atoms with E-state index in [4.69, 9.17) is 12.2 Å². The number of carbonyl (C=O) groups is 1. The molecule has 86 valence electrons. The van der Waals surface area contributed by atoms with Crippen molar-refractivity contribution in [1.29, 1.82) is 0 Å². The summed E-state index contributed by atoms with van der Waals surface area (Å²) in [5, 5.41) is 3.14. The van der Waals surface area contributed by atoms with Crippen LogP contribution in [0.25, 0.3) is 0 Å². The van der Waals surface area contributed by atoms with Gasteiger partial charge in [-0.3, -0.25) is 15.6 Å². The average molecular weight is 303 g/mol. The number of H-pyrrole nitrogens is 1. The van der Waals surface area contributed by atoms with Crippen molar-refractivity contribution in [1.82, 2.24) is 21.2 Å². The number of amides is 1. The van der Waals surface area contributed by atoms with Crippen molar-refractivity contribution in [2.75, 3.05) is 6.54 Å². The first kappa shape index (κ1) is 12.7. The molecule has 0 fully saturated rings. The number of hydrogen-bond donors (Lipinski definition) is 4. The van der Waals surface area contributed by atoms with Crippen molar-refractivity contribution in [3.05, 3.63) is 35.1 Å². The number of rotatable bonds is 3. The van der Waals surface area contributed by atoms with Crippen LogP contribution in [-0.2, 0) is 0 Å². The van der Waals surface area contributed by atoms with Gasteiger partial charge in [-0.05, 0) is 34.2 Å². The molecule has 1 heterocycles. The van der Waals surface area contributed by atoms with E-state index in [2.05, 4.69) is 43.7 Å². The van der Waals surface area contributed by atoms with Crippen LogP contribution in [0, 0.1) is 0 Å². The average Bonchev–Trinajstić information content (AvgIpc) is 2.69. The highest BCUT2D eigenvalue weighted by Crippen LogP contribution is 2.09. The van der Waals surface area contributed by atoms with Crippen molar-refractivity contribution in [3.63, 3.8) is 0 Å². The van der Waals surface area contributed by atoms with Crippen LogP contribution in [0.5, 0.6) is 0 Å². The summed E-state index contributed by atoms with van der Waals surface area (Å²) >= 11 is 8.12. The normalized spacial score (nSPS) is 9.31. The van der Waals surface area contributed by atoms with E-state index >= 15 is 0 Å². The Kier molecular flexibility index (Phi) is 5.00. The summed E-state index contributed by atoms with van der Waals surface area (Å²) in [5.74, 6) is -0.298. The molecule has 1 aromatic heterocycles. The number of hydrogen-bond acceptors (Lipinski definition) is 2. The molecule has 0 spiro atoms. The van der Waals surface area contributed by atoms with Crippen LogP contribution in [-0.4, -0.2) is 22.5 Å². The van der Waals surface area contributed by atoms with Crippen LogP contribution in [0.15, 0.2) is 29.4 Å². The van der Waals surface area contributed by atoms with E-state index in [9.17, 15) is 4.79 Å². The lowest BCUT2D eigenvalue weighted by Crippen LogP contribution is -2.46. The Balaban J connectivity index is 2.35. The Labute approximate surface area is 107 Å². The first-order chi connectivity index (χ1) is 7.63. The third kappa shape index (κ3) is 4.03. The first-order valence-electron chi connectivity index (χ1n) is 4.42. The molecule has 0 saturated carbocycles. The molecule has 0 aliphatic carbocycles.